The van der Waals surface area contributed by atoms with Crippen molar-refractivity contribution in [1.82, 2.24) is 9.47 Å². The molecule has 1 aliphatic heterocycles. The van der Waals surface area contributed by atoms with Crippen LogP contribution in [0, 0.1) is 5.92 Å². The van der Waals surface area contributed by atoms with E-state index in [2.05, 4.69) is 40.2 Å². The minimum Gasteiger partial charge on any atom is -0.497 e. The van der Waals surface area contributed by atoms with Gasteiger partial charge >= 0.3 is 0 Å². The number of likely N-dealkylation sites (tertiary alicyclic amines) is 1. The van der Waals surface area contributed by atoms with Crippen LogP contribution in [0.3, 0.4) is 0 Å². The number of aromatic nitrogens is 1. The minimum absolute atomic E-state index is 0.0883. The molecular weight excluding hydrogens is 433 g/mol. The van der Waals surface area contributed by atoms with Crippen LogP contribution in [0.25, 0.3) is 10.9 Å². The molecule has 164 valence electrons. The van der Waals surface area contributed by atoms with E-state index in [1.165, 1.54) is 16.5 Å². The molecule has 2 aromatic carbocycles. The predicted octanol–water partition coefficient (Wildman–Crippen LogP) is 5.39. The van der Waals surface area contributed by atoms with Gasteiger partial charge in [0.25, 0.3) is 0 Å². The van der Waals surface area contributed by atoms with Crippen molar-refractivity contribution in [2.75, 3.05) is 32.1 Å². The summed E-state index contributed by atoms with van der Waals surface area (Å²) in [4.78, 5) is 14.7. The topological polar surface area (TPSA) is 46.5 Å². The second-order valence-electron chi connectivity index (χ2n) is 8.22. The van der Waals surface area contributed by atoms with Gasteiger partial charge in [-0.1, -0.05) is 29.3 Å². The van der Waals surface area contributed by atoms with Gasteiger partial charge in [0.15, 0.2) is 0 Å². The number of halogens is 2. The molecule has 2 heterocycles. The molecule has 1 aromatic heterocycles. The summed E-state index contributed by atoms with van der Waals surface area (Å²) in [6.07, 6.45) is 5.41. The van der Waals surface area contributed by atoms with Gasteiger partial charge in [0.2, 0.25) is 5.91 Å². The van der Waals surface area contributed by atoms with Crippen molar-refractivity contribution < 1.29 is 9.53 Å². The Labute approximate surface area is 192 Å². The Balaban J connectivity index is 1.33. The maximum Gasteiger partial charge on any atom is 0.238 e. The lowest BCUT2D eigenvalue weighted by Crippen LogP contribution is -2.39. The van der Waals surface area contributed by atoms with E-state index in [0.717, 1.165) is 38.1 Å². The molecule has 1 N–H and O–H groups in total. The second kappa shape index (κ2) is 9.51. The number of hydrogen-bond donors (Lipinski definition) is 1. The van der Waals surface area contributed by atoms with E-state index >= 15 is 0 Å². The normalized spacial score (nSPS) is 15.4. The summed E-state index contributed by atoms with van der Waals surface area (Å²) in [5, 5.41) is 5.02. The Kier molecular flexibility index (Phi) is 6.75. The molecule has 3 aromatic rings. The van der Waals surface area contributed by atoms with Crippen molar-refractivity contribution in [2.24, 2.45) is 13.0 Å². The standard InChI is InChI=1S/C24H27Cl2N3O2/c1-28-14-17(19-13-18(31-2)6-7-22(19)28)12-16-8-10-29(11-9-16)15-23(30)27-24-20(25)4-3-5-21(24)26/h3-7,13-14,16H,8-12,15H2,1-2H3,(H,27,30). The number of para-hydroxylation sites is 1. The van der Waals surface area contributed by atoms with Gasteiger partial charge < -0.3 is 14.6 Å². The van der Waals surface area contributed by atoms with Crippen LogP contribution in [0.4, 0.5) is 5.69 Å². The predicted molar refractivity (Wildman–Crippen MR) is 127 cm³/mol. The Morgan fingerprint density at radius 3 is 2.55 bits per heavy atom. The van der Waals surface area contributed by atoms with E-state index in [4.69, 9.17) is 27.9 Å². The Morgan fingerprint density at radius 2 is 1.87 bits per heavy atom. The lowest BCUT2D eigenvalue weighted by Gasteiger charge is -2.31. The fourth-order valence-corrected chi connectivity index (χ4v) is 4.89. The van der Waals surface area contributed by atoms with Gasteiger partial charge in [-0.2, -0.15) is 0 Å². The van der Waals surface area contributed by atoms with Crippen molar-refractivity contribution in [3.63, 3.8) is 0 Å². The van der Waals surface area contributed by atoms with E-state index in [1.807, 2.05) is 6.07 Å². The number of carbonyl (C=O) groups excluding carboxylic acids is 1. The smallest absolute Gasteiger partial charge is 0.238 e. The number of aryl methyl sites for hydroxylation is 1. The van der Waals surface area contributed by atoms with Crippen LogP contribution in [-0.2, 0) is 18.3 Å². The molecule has 0 unspecified atom stereocenters. The zero-order chi connectivity index (χ0) is 22.0. The number of methoxy groups -OCH3 is 1. The van der Waals surface area contributed by atoms with E-state index in [0.29, 0.717) is 28.2 Å². The fourth-order valence-electron chi connectivity index (χ4n) is 4.40. The van der Waals surface area contributed by atoms with Gasteiger partial charge in [-0.15, -0.1) is 0 Å². The van der Waals surface area contributed by atoms with Crippen LogP contribution in [0.15, 0.2) is 42.6 Å². The quantitative estimate of drug-likeness (QED) is 0.537. The van der Waals surface area contributed by atoms with E-state index in [1.54, 1.807) is 25.3 Å². The third-order valence-electron chi connectivity index (χ3n) is 6.09. The summed E-state index contributed by atoms with van der Waals surface area (Å²) in [6, 6.07) is 11.4. The van der Waals surface area contributed by atoms with Crippen LogP contribution in [-0.4, -0.2) is 42.1 Å². The molecule has 0 bridgehead atoms. The lowest BCUT2D eigenvalue weighted by atomic mass is 9.90. The van der Waals surface area contributed by atoms with Crippen molar-refractivity contribution in [3.8, 4) is 5.75 Å². The molecule has 1 aliphatic rings. The van der Waals surface area contributed by atoms with Crippen LogP contribution < -0.4 is 10.1 Å². The van der Waals surface area contributed by atoms with Gasteiger partial charge in [-0.05, 0) is 74.2 Å². The Hall–Kier alpha value is -2.21. The molecule has 7 heteroatoms. The summed E-state index contributed by atoms with van der Waals surface area (Å²) in [5.41, 5.74) is 3.07. The summed E-state index contributed by atoms with van der Waals surface area (Å²) in [5.74, 6) is 1.41. The van der Waals surface area contributed by atoms with E-state index < -0.39 is 0 Å². The SMILES string of the molecule is COc1ccc2c(c1)c(CC1CCN(CC(=O)Nc3c(Cl)cccc3Cl)CC1)cn2C. The van der Waals surface area contributed by atoms with Crippen molar-refractivity contribution in [2.45, 2.75) is 19.3 Å². The maximum atomic E-state index is 12.5. The van der Waals surface area contributed by atoms with Crippen molar-refractivity contribution in [3.05, 3.63) is 58.2 Å². The van der Waals surface area contributed by atoms with Gasteiger partial charge in [0, 0.05) is 24.1 Å². The molecule has 0 spiro atoms. The monoisotopic (exact) mass is 459 g/mol. The first-order valence-electron chi connectivity index (χ1n) is 10.5. The molecule has 0 radical (unpaired) electrons. The molecule has 0 saturated carbocycles. The summed E-state index contributed by atoms with van der Waals surface area (Å²) >= 11 is 12.3. The number of nitrogens with one attached hydrogen (secondary N) is 1. The number of rotatable bonds is 6. The van der Waals surface area contributed by atoms with Gasteiger partial charge in [0.1, 0.15) is 5.75 Å². The molecule has 4 rings (SSSR count). The van der Waals surface area contributed by atoms with Gasteiger partial charge in [-0.25, -0.2) is 0 Å². The molecule has 1 saturated heterocycles. The van der Waals surface area contributed by atoms with Crippen LogP contribution >= 0.6 is 23.2 Å². The van der Waals surface area contributed by atoms with Gasteiger partial charge in [-0.3, -0.25) is 9.69 Å². The van der Waals surface area contributed by atoms with Gasteiger partial charge in [0.05, 0.1) is 29.4 Å². The first-order chi connectivity index (χ1) is 14.9. The average Bonchev–Trinajstić information content (AvgIpc) is 3.07. The zero-order valence-electron chi connectivity index (χ0n) is 17.8. The summed E-state index contributed by atoms with van der Waals surface area (Å²) < 4.78 is 7.60. The zero-order valence-corrected chi connectivity index (χ0v) is 19.3. The van der Waals surface area contributed by atoms with Crippen molar-refractivity contribution >= 4 is 45.7 Å². The van der Waals surface area contributed by atoms with E-state index in [9.17, 15) is 4.79 Å². The number of fused-ring (bicyclic) bond motifs is 1. The molecule has 0 atom stereocenters. The Bertz CT molecular complexity index is 1070. The highest BCUT2D eigenvalue weighted by Crippen LogP contribution is 2.31. The number of nitrogens with zero attached hydrogens (tertiary/aromatic N) is 2. The van der Waals surface area contributed by atoms with Crippen molar-refractivity contribution in [1.29, 1.82) is 0 Å². The lowest BCUT2D eigenvalue weighted by molar-refractivity contribution is -0.117. The molecule has 1 fully saturated rings. The largest absolute Gasteiger partial charge is 0.497 e. The minimum atomic E-state index is -0.0883. The number of anilines is 1. The molecule has 0 aliphatic carbocycles. The first-order valence-corrected chi connectivity index (χ1v) is 11.3. The highest BCUT2D eigenvalue weighted by Gasteiger charge is 2.23. The third-order valence-corrected chi connectivity index (χ3v) is 6.72. The fraction of sp³-hybridized carbons (Fsp3) is 0.375. The highest BCUT2D eigenvalue weighted by atomic mass is 35.5. The molecular formula is C24H27Cl2N3O2. The second-order valence-corrected chi connectivity index (χ2v) is 9.03. The maximum absolute atomic E-state index is 12.5. The molecule has 5 nitrogen and oxygen atoms in total. The van der Waals surface area contributed by atoms with Crippen LogP contribution in [0.2, 0.25) is 10.0 Å². The van der Waals surface area contributed by atoms with Crippen LogP contribution in [0.5, 0.6) is 5.75 Å². The third kappa shape index (κ3) is 5.00. The molecule has 31 heavy (non-hydrogen) atoms. The number of ether oxygens (including phenoxy) is 1. The van der Waals surface area contributed by atoms with Crippen LogP contribution in [0.1, 0.15) is 18.4 Å². The number of benzene rings is 2. The summed E-state index contributed by atoms with van der Waals surface area (Å²) in [7, 11) is 3.79. The first kappa shape index (κ1) is 22.0. The van der Waals surface area contributed by atoms with E-state index in [-0.39, 0.29) is 5.91 Å². The number of carbonyl (C=O) groups is 1. The Morgan fingerprint density at radius 1 is 1.16 bits per heavy atom. The highest BCUT2D eigenvalue weighted by molar-refractivity contribution is 6.39. The summed E-state index contributed by atoms with van der Waals surface area (Å²) in [6.45, 7) is 2.16. The average molecular weight is 460 g/mol. The number of hydrogen-bond acceptors (Lipinski definition) is 3. The number of amides is 1. The number of piperidine rings is 1. The molecule has 1 amide bonds.